The SMILES string of the molecule is C=CC(=O)Oc1ccccc1N. The topological polar surface area (TPSA) is 52.3 Å². The van der Waals surface area contributed by atoms with Crippen LogP contribution in [0.2, 0.25) is 0 Å². The largest absolute Gasteiger partial charge is 0.421 e. The van der Waals surface area contributed by atoms with Crippen molar-refractivity contribution in [2.45, 2.75) is 0 Å². The van der Waals surface area contributed by atoms with Gasteiger partial charge in [-0.05, 0) is 12.1 Å². The lowest BCUT2D eigenvalue weighted by molar-refractivity contribution is -0.128. The Morgan fingerprint density at radius 3 is 2.75 bits per heavy atom. The first-order valence-corrected chi connectivity index (χ1v) is 3.43. The van der Waals surface area contributed by atoms with Gasteiger partial charge in [-0.3, -0.25) is 0 Å². The van der Waals surface area contributed by atoms with E-state index in [1.165, 1.54) is 0 Å². The van der Waals surface area contributed by atoms with Gasteiger partial charge in [0.1, 0.15) is 0 Å². The molecule has 1 rings (SSSR count). The molecule has 0 aliphatic heterocycles. The van der Waals surface area contributed by atoms with Gasteiger partial charge >= 0.3 is 5.97 Å². The molecule has 3 nitrogen and oxygen atoms in total. The first kappa shape index (κ1) is 8.33. The molecular weight excluding hydrogens is 154 g/mol. The molecule has 0 saturated carbocycles. The van der Waals surface area contributed by atoms with E-state index in [2.05, 4.69) is 6.58 Å². The van der Waals surface area contributed by atoms with E-state index >= 15 is 0 Å². The number of para-hydroxylation sites is 2. The van der Waals surface area contributed by atoms with Crippen molar-refractivity contribution in [3.63, 3.8) is 0 Å². The highest BCUT2D eigenvalue weighted by atomic mass is 16.5. The van der Waals surface area contributed by atoms with Crippen molar-refractivity contribution in [2.75, 3.05) is 5.73 Å². The van der Waals surface area contributed by atoms with Crippen LogP contribution in [-0.4, -0.2) is 5.97 Å². The second-order valence-corrected chi connectivity index (χ2v) is 2.16. The summed E-state index contributed by atoms with van der Waals surface area (Å²) in [6.45, 7) is 3.27. The Kier molecular flexibility index (Phi) is 2.48. The van der Waals surface area contributed by atoms with Gasteiger partial charge in [0.05, 0.1) is 5.69 Å². The molecule has 0 aliphatic rings. The number of rotatable bonds is 2. The van der Waals surface area contributed by atoms with Crippen molar-refractivity contribution in [2.24, 2.45) is 0 Å². The van der Waals surface area contributed by atoms with Crippen molar-refractivity contribution in [1.82, 2.24) is 0 Å². The Balaban J connectivity index is 2.82. The van der Waals surface area contributed by atoms with E-state index in [0.29, 0.717) is 11.4 Å². The summed E-state index contributed by atoms with van der Waals surface area (Å²) >= 11 is 0. The fourth-order valence-electron chi connectivity index (χ4n) is 0.724. The van der Waals surface area contributed by atoms with Crippen LogP contribution in [0.5, 0.6) is 5.75 Å². The van der Waals surface area contributed by atoms with Gasteiger partial charge in [-0.2, -0.15) is 0 Å². The number of benzene rings is 1. The molecule has 0 saturated heterocycles. The van der Waals surface area contributed by atoms with E-state index in [4.69, 9.17) is 10.5 Å². The molecule has 0 amide bonds. The van der Waals surface area contributed by atoms with Crippen molar-refractivity contribution in [3.8, 4) is 5.75 Å². The van der Waals surface area contributed by atoms with E-state index in [9.17, 15) is 4.79 Å². The predicted molar refractivity (Wildman–Crippen MR) is 46.7 cm³/mol. The lowest BCUT2D eigenvalue weighted by Gasteiger charge is -2.02. The number of nitrogens with two attached hydrogens (primary N) is 1. The van der Waals surface area contributed by atoms with Crippen LogP contribution in [0.15, 0.2) is 36.9 Å². The summed E-state index contributed by atoms with van der Waals surface area (Å²) in [4.78, 5) is 10.7. The third-order valence-corrected chi connectivity index (χ3v) is 1.30. The van der Waals surface area contributed by atoms with Crippen molar-refractivity contribution >= 4 is 11.7 Å². The summed E-state index contributed by atoms with van der Waals surface area (Å²) in [5.74, 6) is -0.143. The minimum Gasteiger partial charge on any atom is -0.421 e. The molecule has 0 bridgehead atoms. The first-order valence-electron chi connectivity index (χ1n) is 3.43. The van der Waals surface area contributed by atoms with Crippen molar-refractivity contribution < 1.29 is 9.53 Å². The third kappa shape index (κ3) is 1.85. The lowest BCUT2D eigenvalue weighted by atomic mass is 10.3. The second-order valence-electron chi connectivity index (χ2n) is 2.16. The maximum atomic E-state index is 10.7. The predicted octanol–water partition coefficient (Wildman–Crippen LogP) is 1.36. The molecule has 0 spiro atoms. The number of esters is 1. The Labute approximate surface area is 70.5 Å². The number of carbonyl (C=O) groups is 1. The number of carbonyl (C=O) groups excluding carboxylic acids is 1. The summed E-state index contributed by atoms with van der Waals surface area (Å²) < 4.78 is 4.81. The van der Waals surface area contributed by atoms with E-state index in [1.54, 1.807) is 24.3 Å². The summed E-state index contributed by atoms with van der Waals surface area (Å²) in [6, 6.07) is 6.78. The van der Waals surface area contributed by atoms with Gasteiger partial charge < -0.3 is 10.5 Å². The van der Waals surface area contributed by atoms with Gasteiger partial charge in [0.2, 0.25) is 0 Å². The normalized spacial score (nSPS) is 9.00. The minimum absolute atomic E-state index is 0.363. The summed E-state index contributed by atoms with van der Waals surface area (Å²) in [5.41, 5.74) is 5.95. The number of anilines is 1. The second kappa shape index (κ2) is 3.57. The summed E-state index contributed by atoms with van der Waals surface area (Å²) in [5, 5.41) is 0. The quantitative estimate of drug-likeness (QED) is 0.310. The average molecular weight is 163 g/mol. The minimum atomic E-state index is -0.507. The number of ether oxygens (including phenoxy) is 1. The maximum absolute atomic E-state index is 10.7. The monoisotopic (exact) mass is 163 g/mol. The molecular formula is C9H9NO2. The molecule has 1 aromatic carbocycles. The molecule has 62 valence electrons. The number of hydrogen-bond donors (Lipinski definition) is 1. The van der Waals surface area contributed by atoms with Gasteiger partial charge in [-0.15, -0.1) is 0 Å². The van der Waals surface area contributed by atoms with Crippen molar-refractivity contribution in [1.29, 1.82) is 0 Å². The van der Waals surface area contributed by atoms with E-state index in [-0.39, 0.29) is 0 Å². The molecule has 0 atom stereocenters. The highest BCUT2D eigenvalue weighted by molar-refractivity contribution is 5.84. The van der Waals surface area contributed by atoms with Gasteiger partial charge in [-0.1, -0.05) is 18.7 Å². The van der Waals surface area contributed by atoms with Crippen molar-refractivity contribution in [3.05, 3.63) is 36.9 Å². The van der Waals surface area contributed by atoms with Crippen LogP contribution >= 0.6 is 0 Å². The number of nitrogen functional groups attached to an aromatic ring is 1. The molecule has 0 unspecified atom stereocenters. The number of hydrogen-bond acceptors (Lipinski definition) is 3. The van der Waals surface area contributed by atoms with E-state index in [1.807, 2.05) is 0 Å². The Hall–Kier alpha value is -1.77. The lowest BCUT2D eigenvalue weighted by Crippen LogP contribution is -2.04. The summed E-state index contributed by atoms with van der Waals surface area (Å²) in [6.07, 6.45) is 1.09. The molecule has 0 aromatic heterocycles. The molecule has 3 heteroatoms. The van der Waals surface area contributed by atoms with Gasteiger partial charge in [0.25, 0.3) is 0 Å². The van der Waals surface area contributed by atoms with Crippen LogP contribution in [0.4, 0.5) is 5.69 Å². The molecule has 0 aliphatic carbocycles. The smallest absolute Gasteiger partial charge is 0.335 e. The zero-order chi connectivity index (χ0) is 8.97. The first-order chi connectivity index (χ1) is 5.74. The van der Waals surface area contributed by atoms with Crippen LogP contribution < -0.4 is 10.5 Å². The highest BCUT2D eigenvalue weighted by Gasteiger charge is 2.01. The Bertz CT molecular complexity index is 307. The molecule has 0 heterocycles. The van der Waals surface area contributed by atoms with Crippen LogP contribution in [-0.2, 0) is 4.79 Å². The summed E-state index contributed by atoms with van der Waals surface area (Å²) in [7, 11) is 0. The van der Waals surface area contributed by atoms with Crippen LogP contribution in [0, 0.1) is 0 Å². The Morgan fingerprint density at radius 2 is 2.17 bits per heavy atom. The van der Waals surface area contributed by atoms with Crippen LogP contribution in [0.25, 0.3) is 0 Å². The maximum Gasteiger partial charge on any atom is 0.335 e. The zero-order valence-corrected chi connectivity index (χ0v) is 6.49. The van der Waals surface area contributed by atoms with E-state index in [0.717, 1.165) is 6.08 Å². The fraction of sp³-hybridized carbons (Fsp3) is 0. The van der Waals surface area contributed by atoms with Gasteiger partial charge in [0.15, 0.2) is 5.75 Å². The molecule has 0 radical (unpaired) electrons. The zero-order valence-electron chi connectivity index (χ0n) is 6.49. The molecule has 2 N–H and O–H groups in total. The molecule has 12 heavy (non-hydrogen) atoms. The average Bonchev–Trinajstić information content (AvgIpc) is 2.09. The highest BCUT2D eigenvalue weighted by Crippen LogP contribution is 2.19. The van der Waals surface area contributed by atoms with Gasteiger partial charge in [0, 0.05) is 6.08 Å². The van der Waals surface area contributed by atoms with Crippen LogP contribution in [0.1, 0.15) is 0 Å². The molecule has 1 aromatic rings. The Morgan fingerprint density at radius 1 is 1.50 bits per heavy atom. The van der Waals surface area contributed by atoms with Crippen LogP contribution in [0.3, 0.4) is 0 Å². The van der Waals surface area contributed by atoms with Gasteiger partial charge in [-0.25, -0.2) is 4.79 Å². The molecule has 0 fully saturated rings. The third-order valence-electron chi connectivity index (χ3n) is 1.30. The van der Waals surface area contributed by atoms with E-state index < -0.39 is 5.97 Å². The fourth-order valence-corrected chi connectivity index (χ4v) is 0.724. The standard InChI is InChI=1S/C9H9NO2/c1-2-9(11)12-8-6-4-3-5-7(8)10/h2-6H,1,10H2.